The summed E-state index contributed by atoms with van der Waals surface area (Å²) in [5.41, 5.74) is -0.501. The van der Waals surface area contributed by atoms with Gasteiger partial charge in [-0.3, -0.25) is 4.79 Å². The smallest absolute Gasteiger partial charge is 0.410 e. The summed E-state index contributed by atoms with van der Waals surface area (Å²) in [5, 5.41) is 0. The van der Waals surface area contributed by atoms with Crippen LogP contribution in [0, 0.1) is 5.92 Å². The Morgan fingerprint density at radius 3 is 2.53 bits per heavy atom. The summed E-state index contributed by atoms with van der Waals surface area (Å²) >= 11 is 0. The zero-order valence-electron chi connectivity index (χ0n) is 12.1. The molecule has 0 radical (unpaired) electrons. The lowest BCUT2D eigenvalue weighted by Gasteiger charge is -2.28. The van der Waals surface area contributed by atoms with E-state index in [1.807, 2.05) is 20.8 Å². The molecule has 1 amide bonds. The Morgan fingerprint density at radius 2 is 1.95 bits per heavy atom. The minimum absolute atomic E-state index is 0.0427. The molecular formula is C14H23NO4. The Labute approximate surface area is 114 Å². The van der Waals surface area contributed by atoms with E-state index in [9.17, 15) is 9.59 Å². The van der Waals surface area contributed by atoms with Crippen LogP contribution in [0.1, 0.15) is 47.0 Å². The van der Waals surface area contributed by atoms with Crippen molar-refractivity contribution in [3.05, 3.63) is 0 Å². The number of ether oxygens (including phenoxy) is 2. The molecule has 0 aliphatic carbocycles. The Hall–Kier alpha value is -1.26. The highest BCUT2D eigenvalue weighted by Crippen LogP contribution is 2.42. The predicted octanol–water partition coefficient (Wildman–Crippen LogP) is 2.34. The van der Waals surface area contributed by atoms with Gasteiger partial charge in [0.15, 0.2) is 0 Å². The second-order valence-corrected chi connectivity index (χ2v) is 6.28. The molecule has 3 atom stereocenters. The number of nitrogens with zero attached hydrogens (tertiary/aromatic N) is 1. The van der Waals surface area contributed by atoms with Gasteiger partial charge < -0.3 is 14.4 Å². The molecule has 19 heavy (non-hydrogen) atoms. The molecule has 2 heterocycles. The molecule has 2 aliphatic rings. The molecule has 0 unspecified atom stereocenters. The predicted molar refractivity (Wildman–Crippen MR) is 69.6 cm³/mol. The molecule has 108 valence electrons. The van der Waals surface area contributed by atoms with Crippen molar-refractivity contribution in [2.45, 2.75) is 64.6 Å². The second kappa shape index (κ2) is 5.02. The first kappa shape index (κ1) is 14.2. The van der Waals surface area contributed by atoms with Gasteiger partial charge in [0, 0.05) is 12.1 Å². The largest absolute Gasteiger partial charge is 0.466 e. The van der Waals surface area contributed by atoms with Crippen LogP contribution in [-0.4, -0.2) is 41.3 Å². The zero-order valence-corrected chi connectivity index (χ0v) is 12.1. The highest BCUT2D eigenvalue weighted by Gasteiger charge is 2.52. The van der Waals surface area contributed by atoms with Gasteiger partial charge >= 0.3 is 12.1 Å². The first-order valence-corrected chi connectivity index (χ1v) is 7.01. The van der Waals surface area contributed by atoms with Crippen LogP contribution in [0.3, 0.4) is 0 Å². The first-order chi connectivity index (χ1) is 8.83. The van der Waals surface area contributed by atoms with Gasteiger partial charge in [-0.15, -0.1) is 0 Å². The van der Waals surface area contributed by atoms with Crippen molar-refractivity contribution in [3.8, 4) is 0 Å². The normalized spacial score (nSPS) is 29.5. The highest BCUT2D eigenvalue weighted by atomic mass is 16.6. The van der Waals surface area contributed by atoms with Gasteiger partial charge in [0.1, 0.15) is 5.60 Å². The molecule has 5 nitrogen and oxygen atoms in total. The number of carbonyl (C=O) groups is 2. The third-order valence-electron chi connectivity index (χ3n) is 3.73. The second-order valence-electron chi connectivity index (χ2n) is 6.28. The van der Waals surface area contributed by atoms with Gasteiger partial charge in [0.25, 0.3) is 0 Å². The van der Waals surface area contributed by atoms with Crippen molar-refractivity contribution >= 4 is 12.1 Å². The number of rotatable bonds is 2. The molecule has 2 rings (SSSR count). The van der Waals surface area contributed by atoms with Crippen molar-refractivity contribution in [1.29, 1.82) is 0 Å². The molecule has 2 fully saturated rings. The quantitative estimate of drug-likeness (QED) is 0.722. The van der Waals surface area contributed by atoms with Crippen LogP contribution in [-0.2, 0) is 14.3 Å². The fourth-order valence-electron chi connectivity index (χ4n) is 3.09. The number of carbonyl (C=O) groups excluding carboxylic acids is 2. The maximum atomic E-state index is 12.2. The van der Waals surface area contributed by atoms with Crippen LogP contribution in [0.2, 0.25) is 0 Å². The third kappa shape index (κ3) is 2.85. The van der Waals surface area contributed by atoms with Gasteiger partial charge in [-0.1, -0.05) is 0 Å². The molecule has 2 bridgehead atoms. The zero-order chi connectivity index (χ0) is 14.2. The van der Waals surface area contributed by atoms with E-state index in [0.29, 0.717) is 13.0 Å². The van der Waals surface area contributed by atoms with Gasteiger partial charge in [0.2, 0.25) is 0 Å². The number of hydrogen-bond donors (Lipinski definition) is 0. The van der Waals surface area contributed by atoms with Gasteiger partial charge in [-0.25, -0.2) is 4.79 Å². The van der Waals surface area contributed by atoms with Crippen molar-refractivity contribution in [2.75, 3.05) is 6.61 Å². The van der Waals surface area contributed by atoms with Crippen molar-refractivity contribution in [3.63, 3.8) is 0 Å². The lowest BCUT2D eigenvalue weighted by Crippen LogP contribution is -2.41. The van der Waals surface area contributed by atoms with Crippen molar-refractivity contribution in [1.82, 2.24) is 4.90 Å². The summed E-state index contributed by atoms with van der Waals surface area (Å²) in [5.74, 6) is -0.352. The number of fused-ring (bicyclic) bond motifs is 2. The Morgan fingerprint density at radius 1 is 1.26 bits per heavy atom. The summed E-state index contributed by atoms with van der Waals surface area (Å²) < 4.78 is 10.5. The van der Waals surface area contributed by atoms with E-state index >= 15 is 0 Å². The van der Waals surface area contributed by atoms with Crippen LogP contribution in [0.4, 0.5) is 4.79 Å². The topological polar surface area (TPSA) is 55.8 Å². The Balaban J connectivity index is 2.04. The number of hydrogen-bond acceptors (Lipinski definition) is 4. The highest BCUT2D eigenvalue weighted by molar-refractivity contribution is 5.77. The van der Waals surface area contributed by atoms with Crippen LogP contribution < -0.4 is 0 Å². The molecule has 2 saturated heterocycles. The lowest BCUT2D eigenvalue weighted by molar-refractivity contribution is -0.148. The first-order valence-electron chi connectivity index (χ1n) is 7.01. The fourth-order valence-corrected chi connectivity index (χ4v) is 3.09. The van der Waals surface area contributed by atoms with Crippen LogP contribution in [0.5, 0.6) is 0 Å². The summed E-state index contributed by atoms with van der Waals surface area (Å²) in [6.45, 7) is 7.75. The van der Waals surface area contributed by atoms with Gasteiger partial charge in [-0.2, -0.15) is 0 Å². The SMILES string of the molecule is CCOC(=O)[C@H]1C[C@H]2CC[C@H]1N2C(=O)OC(C)(C)C. The standard InChI is InChI=1S/C14H23NO4/c1-5-18-12(16)10-8-9-6-7-11(10)15(9)13(17)19-14(2,3)4/h9-11H,5-8H2,1-4H3/t9-,10+,11-/m1/s1. The third-order valence-corrected chi connectivity index (χ3v) is 3.73. The van der Waals surface area contributed by atoms with Crippen molar-refractivity contribution < 1.29 is 19.1 Å². The molecule has 0 aromatic rings. The maximum absolute atomic E-state index is 12.2. The Kier molecular flexibility index (Phi) is 3.74. The van der Waals surface area contributed by atoms with E-state index in [-0.39, 0.29) is 30.1 Å². The molecule has 2 aliphatic heterocycles. The van der Waals surface area contributed by atoms with Gasteiger partial charge in [-0.05, 0) is 47.0 Å². The summed E-state index contributed by atoms with van der Waals surface area (Å²) in [7, 11) is 0. The molecule has 0 aromatic heterocycles. The molecule has 0 saturated carbocycles. The molecule has 0 aromatic carbocycles. The summed E-state index contributed by atoms with van der Waals surface area (Å²) in [6.07, 6.45) is 2.24. The fraction of sp³-hybridized carbons (Fsp3) is 0.857. The van der Waals surface area contributed by atoms with E-state index in [4.69, 9.17) is 9.47 Å². The van der Waals surface area contributed by atoms with E-state index in [1.165, 1.54) is 0 Å². The molecule has 0 spiro atoms. The van der Waals surface area contributed by atoms with Crippen molar-refractivity contribution in [2.24, 2.45) is 5.92 Å². The van der Waals surface area contributed by atoms with E-state index in [2.05, 4.69) is 0 Å². The Bertz CT molecular complexity index is 374. The monoisotopic (exact) mass is 269 g/mol. The van der Waals surface area contributed by atoms with Gasteiger partial charge in [0.05, 0.1) is 12.5 Å². The van der Waals surface area contributed by atoms with E-state index in [0.717, 1.165) is 12.8 Å². The van der Waals surface area contributed by atoms with E-state index in [1.54, 1.807) is 11.8 Å². The molecule has 5 heteroatoms. The average molecular weight is 269 g/mol. The lowest BCUT2D eigenvalue weighted by atomic mass is 9.89. The minimum atomic E-state index is -0.501. The minimum Gasteiger partial charge on any atom is -0.466 e. The average Bonchev–Trinajstić information content (AvgIpc) is 2.83. The molecular weight excluding hydrogens is 246 g/mol. The number of esters is 1. The summed E-state index contributed by atoms with van der Waals surface area (Å²) in [4.78, 5) is 25.8. The number of amides is 1. The van der Waals surface area contributed by atoms with E-state index < -0.39 is 5.60 Å². The summed E-state index contributed by atoms with van der Waals surface area (Å²) in [6, 6.07) is 0.0909. The van der Waals surface area contributed by atoms with Crippen LogP contribution in [0.25, 0.3) is 0 Å². The molecule has 0 N–H and O–H groups in total. The van der Waals surface area contributed by atoms with Crippen LogP contribution >= 0.6 is 0 Å². The maximum Gasteiger partial charge on any atom is 0.410 e. The van der Waals surface area contributed by atoms with Crippen LogP contribution in [0.15, 0.2) is 0 Å².